The molecule has 1 amide bonds. The number of amides is 1. The van der Waals surface area contributed by atoms with Crippen LogP contribution in [0.3, 0.4) is 0 Å². The Labute approximate surface area is 115 Å². The number of nitrogens with one attached hydrogen (secondary N) is 1. The van der Waals surface area contributed by atoms with Crippen LogP contribution in [0.25, 0.3) is 0 Å². The maximum Gasteiger partial charge on any atom is 0.407 e. The summed E-state index contributed by atoms with van der Waals surface area (Å²) in [5.74, 6) is 0.758. The van der Waals surface area contributed by atoms with Crippen LogP contribution in [0, 0.1) is 0 Å². The molecule has 0 aliphatic heterocycles. The number of nitrogens with two attached hydrogens (primary N) is 1. The van der Waals surface area contributed by atoms with E-state index in [1.165, 1.54) is 0 Å². The SMILES string of the molecule is CC(C)(C)OC(=O)NC(CN)Cc1ccc(Br)o1. The summed E-state index contributed by atoms with van der Waals surface area (Å²) in [6, 6.07) is 3.43. The zero-order chi connectivity index (χ0) is 13.8. The van der Waals surface area contributed by atoms with Crippen LogP contribution in [-0.2, 0) is 11.2 Å². The summed E-state index contributed by atoms with van der Waals surface area (Å²) in [4.78, 5) is 11.6. The van der Waals surface area contributed by atoms with Crippen LogP contribution in [0.1, 0.15) is 26.5 Å². The molecule has 1 atom stereocenters. The Balaban J connectivity index is 2.49. The predicted molar refractivity (Wildman–Crippen MR) is 72.3 cm³/mol. The van der Waals surface area contributed by atoms with E-state index >= 15 is 0 Å². The van der Waals surface area contributed by atoms with Crippen LogP contribution in [0.15, 0.2) is 21.2 Å². The first kappa shape index (κ1) is 15.0. The highest BCUT2D eigenvalue weighted by atomic mass is 79.9. The van der Waals surface area contributed by atoms with Gasteiger partial charge in [-0.1, -0.05) is 0 Å². The molecular weight excluding hydrogens is 300 g/mol. The minimum absolute atomic E-state index is 0.210. The monoisotopic (exact) mass is 318 g/mol. The molecule has 1 unspecified atom stereocenters. The Bertz CT molecular complexity index is 398. The van der Waals surface area contributed by atoms with Crippen LogP contribution in [0.2, 0.25) is 0 Å². The summed E-state index contributed by atoms with van der Waals surface area (Å²) in [5.41, 5.74) is 5.10. The molecule has 0 aliphatic carbocycles. The van der Waals surface area contributed by atoms with Crippen molar-refractivity contribution in [1.29, 1.82) is 0 Å². The van der Waals surface area contributed by atoms with Gasteiger partial charge in [0.05, 0.1) is 6.04 Å². The van der Waals surface area contributed by atoms with Gasteiger partial charge in [0.2, 0.25) is 0 Å². The van der Waals surface area contributed by atoms with Gasteiger partial charge in [0.1, 0.15) is 11.4 Å². The molecule has 102 valence electrons. The zero-order valence-corrected chi connectivity index (χ0v) is 12.4. The normalized spacial score (nSPS) is 13.2. The van der Waals surface area contributed by atoms with E-state index in [1.54, 1.807) is 6.07 Å². The molecule has 0 bridgehead atoms. The highest BCUT2D eigenvalue weighted by Crippen LogP contribution is 2.15. The van der Waals surface area contributed by atoms with Crippen LogP contribution in [0.4, 0.5) is 4.79 Å². The minimum atomic E-state index is -0.517. The van der Waals surface area contributed by atoms with E-state index in [9.17, 15) is 4.79 Å². The Kier molecular flexibility index (Phi) is 5.22. The zero-order valence-electron chi connectivity index (χ0n) is 10.8. The average molecular weight is 319 g/mol. The van der Waals surface area contributed by atoms with Crippen molar-refractivity contribution in [2.45, 2.75) is 38.8 Å². The largest absolute Gasteiger partial charge is 0.454 e. The van der Waals surface area contributed by atoms with Crippen molar-refractivity contribution in [3.05, 3.63) is 22.6 Å². The number of carbonyl (C=O) groups excluding carboxylic acids is 1. The molecule has 1 heterocycles. The molecule has 3 N–H and O–H groups in total. The third-order valence-electron chi connectivity index (χ3n) is 2.08. The fourth-order valence-corrected chi connectivity index (χ4v) is 1.71. The molecule has 0 spiro atoms. The first-order chi connectivity index (χ1) is 8.30. The standard InChI is InChI=1S/C12H19BrN2O3/c1-12(2,3)18-11(16)15-8(7-14)6-9-4-5-10(13)17-9/h4-5,8H,6-7,14H2,1-3H3,(H,15,16). The lowest BCUT2D eigenvalue weighted by molar-refractivity contribution is 0.0505. The van der Waals surface area contributed by atoms with Gasteiger partial charge in [-0.3, -0.25) is 0 Å². The lowest BCUT2D eigenvalue weighted by Gasteiger charge is -2.22. The highest BCUT2D eigenvalue weighted by molar-refractivity contribution is 9.10. The van der Waals surface area contributed by atoms with Crippen molar-refractivity contribution in [1.82, 2.24) is 5.32 Å². The van der Waals surface area contributed by atoms with Crippen molar-refractivity contribution >= 4 is 22.0 Å². The smallest absolute Gasteiger partial charge is 0.407 e. The number of alkyl carbamates (subject to hydrolysis) is 1. The molecule has 0 saturated heterocycles. The Morgan fingerprint density at radius 1 is 1.56 bits per heavy atom. The summed E-state index contributed by atoms with van der Waals surface area (Å²) >= 11 is 3.22. The lowest BCUT2D eigenvalue weighted by atomic mass is 10.1. The molecule has 5 nitrogen and oxygen atoms in total. The fourth-order valence-electron chi connectivity index (χ4n) is 1.37. The maximum atomic E-state index is 11.6. The Morgan fingerprint density at radius 2 is 2.22 bits per heavy atom. The van der Waals surface area contributed by atoms with E-state index in [-0.39, 0.29) is 6.04 Å². The van der Waals surface area contributed by atoms with Gasteiger partial charge in [0, 0.05) is 13.0 Å². The second-order valence-corrected chi connectivity index (χ2v) is 5.77. The van der Waals surface area contributed by atoms with E-state index in [0.29, 0.717) is 17.6 Å². The number of hydrogen-bond acceptors (Lipinski definition) is 4. The van der Waals surface area contributed by atoms with Gasteiger partial charge in [-0.25, -0.2) is 4.79 Å². The van der Waals surface area contributed by atoms with Crippen LogP contribution in [-0.4, -0.2) is 24.3 Å². The van der Waals surface area contributed by atoms with E-state index < -0.39 is 11.7 Å². The van der Waals surface area contributed by atoms with Crippen molar-refractivity contribution in [2.24, 2.45) is 5.73 Å². The number of hydrogen-bond donors (Lipinski definition) is 2. The van der Waals surface area contributed by atoms with Gasteiger partial charge in [0.15, 0.2) is 4.67 Å². The summed E-state index contributed by atoms with van der Waals surface area (Å²) in [6.45, 7) is 5.76. The Hall–Kier alpha value is -1.01. The lowest BCUT2D eigenvalue weighted by Crippen LogP contribution is -2.44. The molecule has 6 heteroatoms. The number of ether oxygens (including phenoxy) is 1. The predicted octanol–water partition coefficient (Wildman–Crippen LogP) is 2.44. The first-order valence-electron chi connectivity index (χ1n) is 5.74. The van der Waals surface area contributed by atoms with E-state index in [1.807, 2.05) is 26.8 Å². The molecular formula is C12H19BrN2O3. The molecule has 0 radical (unpaired) electrons. The molecule has 0 aliphatic rings. The number of carbonyl (C=O) groups is 1. The van der Waals surface area contributed by atoms with Crippen LogP contribution in [0.5, 0.6) is 0 Å². The Morgan fingerprint density at radius 3 is 2.67 bits per heavy atom. The summed E-state index contributed by atoms with van der Waals surface area (Å²) < 4.78 is 11.2. The van der Waals surface area contributed by atoms with Crippen molar-refractivity contribution < 1.29 is 13.9 Å². The first-order valence-corrected chi connectivity index (χ1v) is 6.53. The quantitative estimate of drug-likeness (QED) is 0.893. The second-order valence-electron chi connectivity index (χ2n) is 4.99. The van der Waals surface area contributed by atoms with Gasteiger partial charge < -0.3 is 20.2 Å². The summed E-state index contributed by atoms with van der Waals surface area (Å²) in [7, 11) is 0. The average Bonchev–Trinajstić information content (AvgIpc) is 2.60. The van der Waals surface area contributed by atoms with E-state index in [0.717, 1.165) is 5.76 Å². The minimum Gasteiger partial charge on any atom is -0.454 e. The van der Waals surface area contributed by atoms with E-state index in [2.05, 4.69) is 21.2 Å². The van der Waals surface area contributed by atoms with Crippen LogP contribution < -0.4 is 11.1 Å². The third kappa shape index (κ3) is 5.55. The number of rotatable bonds is 4. The number of furan rings is 1. The van der Waals surface area contributed by atoms with Crippen molar-refractivity contribution in [3.63, 3.8) is 0 Å². The summed E-state index contributed by atoms with van der Waals surface area (Å²) in [5, 5.41) is 2.72. The maximum absolute atomic E-state index is 11.6. The molecule has 1 aromatic heterocycles. The molecule has 0 fully saturated rings. The topological polar surface area (TPSA) is 77.5 Å². The van der Waals surface area contributed by atoms with Crippen LogP contribution >= 0.6 is 15.9 Å². The van der Waals surface area contributed by atoms with Gasteiger partial charge >= 0.3 is 6.09 Å². The molecule has 0 saturated carbocycles. The van der Waals surface area contributed by atoms with Gasteiger partial charge in [-0.05, 0) is 48.8 Å². The van der Waals surface area contributed by atoms with Gasteiger partial charge in [0.25, 0.3) is 0 Å². The van der Waals surface area contributed by atoms with E-state index in [4.69, 9.17) is 14.9 Å². The molecule has 1 rings (SSSR count). The number of halogens is 1. The summed E-state index contributed by atoms with van der Waals surface area (Å²) in [6.07, 6.45) is 0.0602. The molecule has 0 aromatic carbocycles. The molecule has 1 aromatic rings. The molecule has 18 heavy (non-hydrogen) atoms. The van der Waals surface area contributed by atoms with Gasteiger partial charge in [-0.15, -0.1) is 0 Å². The fraction of sp³-hybridized carbons (Fsp3) is 0.583. The highest BCUT2D eigenvalue weighted by Gasteiger charge is 2.19. The third-order valence-corrected chi connectivity index (χ3v) is 2.51. The van der Waals surface area contributed by atoms with Crippen molar-refractivity contribution in [3.8, 4) is 0 Å². The van der Waals surface area contributed by atoms with Crippen molar-refractivity contribution in [2.75, 3.05) is 6.54 Å². The second kappa shape index (κ2) is 6.24. The van der Waals surface area contributed by atoms with Gasteiger partial charge in [-0.2, -0.15) is 0 Å².